The van der Waals surface area contributed by atoms with Crippen LogP contribution in [-0.2, 0) is 6.54 Å². The molecular formula is C16H9F6N3O2. The van der Waals surface area contributed by atoms with E-state index < -0.39 is 35.7 Å². The van der Waals surface area contributed by atoms with E-state index in [0.717, 1.165) is 36.8 Å². The second kappa shape index (κ2) is 6.25. The number of pyridine rings is 3. The van der Waals surface area contributed by atoms with Gasteiger partial charge in [0.25, 0.3) is 11.3 Å². The average Bonchev–Trinajstić information content (AvgIpc) is 2.56. The van der Waals surface area contributed by atoms with E-state index in [1.807, 2.05) is 0 Å². The Labute approximate surface area is 146 Å². The van der Waals surface area contributed by atoms with Crippen LogP contribution in [0, 0.1) is 11.0 Å². The first-order chi connectivity index (χ1) is 12.5. The Hall–Kier alpha value is -3.11. The summed E-state index contributed by atoms with van der Waals surface area (Å²) in [5.74, 6) is -5.98. The molecule has 27 heavy (non-hydrogen) atoms. The van der Waals surface area contributed by atoms with Crippen molar-refractivity contribution >= 4 is 10.8 Å². The number of aromatic nitrogens is 3. The molecule has 3 rings (SSSR count). The normalized spacial score (nSPS) is 12.5. The van der Waals surface area contributed by atoms with Crippen molar-refractivity contribution in [3.05, 3.63) is 64.2 Å². The van der Waals surface area contributed by atoms with Crippen LogP contribution in [0.3, 0.4) is 0 Å². The molecule has 0 aliphatic heterocycles. The number of halogens is 6. The fourth-order valence-corrected chi connectivity index (χ4v) is 2.44. The predicted molar refractivity (Wildman–Crippen MR) is 81.4 cm³/mol. The van der Waals surface area contributed by atoms with Gasteiger partial charge in [0.2, 0.25) is 0 Å². The van der Waals surface area contributed by atoms with Crippen LogP contribution in [0.4, 0.5) is 26.3 Å². The Morgan fingerprint density at radius 3 is 2.52 bits per heavy atom. The molecule has 0 aromatic carbocycles. The number of rotatable bonds is 3. The molecule has 0 saturated carbocycles. The summed E-state index contributed by atoms with van der Waals surface area (Å²) in [7, 11) is 0. The number of fused-ring (bicyclic) bond motifs is 1. The molecule has 3 heterocycles. The molecule has 0 atom stereocenters. The van der Waals surface area contributed by atoms with Gasteiger partial charge >= 0.3 is 12.1 Å². The molecular weight excluding hydrogens is 380 g/mol. The van der Waals surface area contributed by atoms with Gasteiger partial charge < -0.3 is 9.77 Å². The molecule has 11 heteroatoms. The highest BCUT2D eigenvalue weighted by Gasteiger charge is 2.57. The number of nitrogens with zero attached hydrogens (tertiary/aromatic N) is 3. The Balaban J connectivity index is 2.08. The summed E-state index contributed by atoms with van der Waals surface area (Å²) < 4.78 is 77.7. The zero-order chi connectivity index (χ0) is 20.0. The summed E-state index contributed by atoms with van der Waals surface area (Å²) in [6.07, 6.45) is -3.13. The predicted octanol–water partition coefficient (Wildman–Crippen LogP) is 3.03. The van der Waals surface area contributed by atoms with Crippen molar-refractivity contribution in [2.45, 2.75) is 18.6 Å². The standard InChI is InChI=1S/C16H9F6N3O2/c17-11-2-1-4-25(27)13(11)12-6-9-3-5-24(14(26)10(9)7-23-12)8-15(18,19)16(20,21)22/h1-7H,8H2. The maximum Gasteiger partial charge on any atom is 0.455 e. The Kier molecular flexibility index (Phi) is 4.32. The van der Waals surface area contributed by atoms with Crippen molar-refractivity contribution in [2.75, 3.05) is 0 Å². The molecule has 0 bridgehead atoms. The highest BCUT2D eigenvalue weighted by molar-refractivity contribution is 5.83. The second-order valence-corrected chi connectivity index (χ2v) is 5.64. The van der Waals surface area contributed by atoms with Gasteiger partial charge in [-0.2, -0.15) is 31.1 Å². The van der Waals surface area contributed by atoms with Gasteiger partial charge in [-0.05, 0) is 23.6 Å². The molecule has 0 aliphatic rings. The van der Waals surface area contributed by atoms with Gasteiger partial charge in [0.05, 0.1) is 11.9 Å². The van der Waals surface area contributed by atoms with Gasteiger partial charge in [-0.3, -0.25) is 4.79 Å². The maximum absolute atomic E-state index is 13.9. The van der Waals surface area contributed by atoms with Crippen molar-refractivity contribution in [1.29, 1.82) is 0 Å². The largest absolute Gasteiger partial charge is 0.618 e. The van der Waals surface area contributed by atoms with Crippen molar-refractivity contribution in [3.8, 4) is 11.4 Å². The van der Waals surface area contributed by atoms with E-state index >= 15 is 0 Å². The Morgan fingerprint density at radius 1 is 1.19 bits per heavy atom. The lowest BCUT2D eigenvalue weighted by Gasteiger charge is -2.20. The molecule has 3 aromatic rings. The van der Waals surface area contributed by atoms with Gasteiger partial charge in [0, 0.05) is 18.5 Å². The van der Waals surface area contributed by atoms with E-state index in [0.29, 0.717) is 0 Å². The Bertz CT molecular complexity index is 1060. The first kappa shape index (κ1) is 18.7. The highest BCUT2D eigenvalue weighted by Crippen LogP contribution is 2.36. The van der Waals surface area contributed by atoms with E-state index in [1.54, 1.807) is 0 Å². The van der Waals surface area contributed by atoms with Crippen LogP contribution in [0.2, 0.25) is 0 Å². The minimum absolute atomic E-state index is 0.0971. The average molecular weight is 389 g/mol. The third kappa shape index (κ3) is 3.32. The topological polar surface area (TPSA) is 61.8 Å². The number of alkyl halides is 5. The van der Waals surface area contributed by atoms with Crippen LogP contribution >= 0.6 is 0 Å². The van der Waals surface area contributed by atoms with Gasteiger partial charge in [-0.15, -0.1) is 0 Å². The molecule has 0 amide bonds. The van der Waals surface area contributed by atoms with Crippen LogP contribution in [0.25, 0.3) is 22.2 Å². The molecule has 0 unspecified atom stereocenters. The smallest absolute Gasteiger partial charge is 0.455 e. The molecule has 0 saturated heterocycles. The summed E-state index contributed by atoms with van der Waals surface area (Å²) in [6, 6.07) is 4.46. The number of hydrogen-bond acceptors (Lipinski definition) is 3. The van der Waals surface area contributed by atoms with Crippen LogP contribution in [0.15, 0.2) is 47.7 Å². The lowest BCUT2D eigenvalue weighted by atomic mass is 10.1. The molecule has 0 fully saturated rings. The van der Waals surface area contributed by atoms with Crippen molar-refractivity contribution in [1.82, 2.24) is 9.55 Å². The second-order valence-electron chi connectivity index (χ2n) is 5.64. The summed E-state index contributed by atoms with van der Waals surface area (Å²) >= 11 is 0. The SMILES string of the molecule is O=c1c2cnc(-c3c(F)ccc[n+]3[O-])cc2ccn1CC(F)(F)C(F)(F)F. The lowest BCUT2D eigenvalue weighted by molar-refractivity contribution is -0.595. The Morgan fingerprint density at radius 2 is 1.89 bits per heavy atom. The molecule has 142 valence electrons. The molecule has 3 aromatic heterocycles. The van der Waals surface area contributed by atoms with E-state index in [1.165, 1.54) is 6.07 Å². The first-order valence-corrected chi connectivity index (χ1v) is 7.33. The summed E-state index contributed by atoms with van der Waals surface area (Å²) in [5.41, 5.74) is -1.68. The highest BCUT2D eigenvalue weighted by atomic mass is 19.4. The fraction of sp³-hybridized carbons (Fsp3) is 0.188. The zero-order valence-corrected chi connectivity index (χ0v) is 13.2. The van der Waals surface area contributed by atoms with Crippen LogP contribution in [-0.4, -0.2) is 21.6 Å². The summed E-state index contributed by atoms with van der Waals surface area (Å²) in [4.78, 5) is 16.0. The fourth-order valence-electron chi connectivity index (χ4n) is 2.44. The van der Waals surface area contributed by atoms with Crippen LogP contribution in [0.1, 0.15) is 0 Å². The summed E-state index contributed by atoms with van der Waals surface area (Å²) in [5, 5.41) is 11.6. The molecule has 0 radical (unpaired) electrons. The molecule has 0 N–H and O–H groups in total. The van der Waals surface area contributed by atoms with E-state index in [4.69, 9.17) is 0 Å². The maximum atomic E-state index is 13.9. The van der Waals surface area contributed by atoms with Gasteiger partial charge in [0.15, 0.2) is 12.0 Å². The van der Waals surface area contributed by atoms with Crippen molar-refractivity contribution < 1.29 is 31.1 Å². The molecule has 0 aliphatic carbocycles. The van der Waals surface area contributed by atoms with Gasteiger partial charge in [-0.25, -0.2) is 4.98 Å². The third-order valence-electron chi connectivity index (χ3n) is 3.80. The minimum Gasteiger partial charge on any atom is -0.618 e. The van der Waals surface area contributed by atoms with Crippen LogP contribution < -0.4 is 10.3 Å². The van der Waals surface area contributed by atoms with E-state index in [9.17, 15) is 36.3 Å². The molecule has 5 nitrogen and oxygen atoms in total. The lowest BCUT2D eigenvalue weighted by Crippen LogP contribution is -2.42. The quantitative estimate of drug-likeness (QED) is 0.393. The van der Waals surface area contributed by atoms with Crippen LogP contribution in [0.5, 0.6) is 0 Å². The third-order valence-corrected chi connectivity index (χ3v) is 3.80. The zero-order valence-electron chi connectivity index (χ0n) is 13.2. The first-order valence-electron chi connectivity index (χ1n) is 7.33. The van der Waals surface area contributed by atoms with Crippen molar-refractivity contribution in [3.63, 3.8) is 0 Å². The van der Waals surface area contributed by atoms with E-state index in [2.05, 4.69) is 4.98 Å². The number of hydrogen-bond donors (Lipinski definition) is 0. The van der Waals surface area contributed by atoms with Gasteiger partial charge in [0.1, 0.15) is 5.69 Å². The molecule has 0 spiro atoms. The van der Waals surface area contributed by atoms with Gasteiger partial charge in [-0.1, -0.05) is 0 Å². The minimum atomic E-state index is -5.81. The summed E-state index contributed by atoms with van der Waals surface area (Å²) in [6.45, 7) is -1.89. The van der Waals surface area contributed by atoms with Crippen molar-refractivity contribution in [2.24, 2.45) is 0 Å². The monoisotopic (exact) mass is 389 g/mol. The van der Waals surface area contributed by atoms with E-state index in [-0.39, 0.29) is 25.8 Å².